The summed E-state index contributed by atoms with van der Waals surface area (Å²) in [6, 6.07) is 5.07. The lowest BCUT2D eigenvalue weighted by molar-refractivity contribution is -0.140. The first-order chi connectivity index (χ1) is 12.7. The summed E-state index contributed by atoms with van der Waals surface area (Å²) in [6.45, 7) is 3.87. The van der Waals surface area contributed by atoms with E-state index in [4.69, 9.17) is 9.47 Å². The van der Waals surface area contributed by atoms with Crippen molar-refractivity contribution in [1.82, 2.24) is 9.80 Å². The summed E-state index contributed by atoms with van der Waals surface area (Å²) in [6.07, 6.45) is 6.14. The van der Waals surface area contributed by atoms with Gasteiger partial charge in [0.15, 0.2) is 11.6 Å². The number of piperazine rings is 1. The van der Waals surface area contributed by atoms with Crippen molar-refractivity contribution in [3.05, 3.63) is 29.6 Å². The van der Waals surface area contributed by atoms with Crippen LogP contribution in [0.2, 0.25) is 0 Å². The van der Waals surface area contributed by atoms with Gasteiger partial charge in [-0.15, -0.1) is 0 Å². The van der Waals surface area contributed by atoms with Crippen molar-refractivity contribution < 1.29 is 18.7 Å². The molecule has 1 aliphatic carbocycles. The van der Waals surface area contributed by atoms with E-state index >= 15 is 0 Å². The number of hydrogen-bond donors (Lipinski definition) is 0. The Labute approximate surface area is 155 Å². The molecule has 2 aliphatic rings. The van der Waals surface area contributed by atoms with Crippen molar-refractivity contribution >= 4 is 5.91 Å². The highest BCUT2D eigenvalue weighted by molar-refractivity contribution is 5.77. The molecule has 0 radical (unpaired) electrons. The van der Waals surface area contributed by atoms with Gasteiger partial charge >= 0.3 is 0 Å². The average Bonchev–Trinajstić information content (AvgIpc) is 2.68. The Morgan fingerprint density at radius 1 is 1.15 bits per heavy atom. The van der Waals surface area contributed by atoms with E-state index in [1.165, 1.54) is 32.4 Å². The van der Waals surface area contributed by atoms with Gasteiger partial charge in [-0.05, 0) is 30.5 Å². The normalized spacial score (nSPS) is 19.5. The second-order valence-corrected chi connectivity index (χ2v) is 7.20. The number of methoxy groups -OCH3 is 1. The Kier molecular flexibility index (Phi) is 6.86. The van der Waals surface area contributed by atoms with Crippen molar-refractivity contribution in [2.75, 3.05) is 39.9 Å². The molecule has 1 amide bonds. The first kappa shape index (κ1) is 19.1. The van der Waals surface area contributed by atoms with Gasteiger partial charge in [0.2, 0.25) is 5.91 Å². The molecule has 1 aromatic carbocycles. The second kappa shape index (κ2) is 9.33. The van der Waals surface area contributed by atoms with E-state index in [0.29, 0.717) is 19.6 Å². The Bertz CT molecular complexity index is 597. The molecule has 0 unspecified atom stereocenters. The number of hydrogen-bond acceptors (Lipinski definition) is 4. The van der Waals surface area contributed by atoms with Crippen molar-refractivity contribution in [2.24, 2.45) is 0 Å². The third-order valence-electron chi connectivity index (χ3n) is 5.34. The lowest BCUT2D eigenvalue weighted by atomic mass is 9.98. The molecule has 0 aromatic heterocycles. The highest BCUT2D eigenvalue weighted by Crippen LogP contribution is 2.21. The van der Waals surface area contributed by atoms with Crippen molar-refractivity contribution in [2.45, 2.75) is 44.8 Å². The molecule has 144 valence electrons. The van der Waals surface area contributed by atoms with Gasteiger partial charge in [-0.3, -0.25) is 9.69 Å². The third kappa shape index (κ3) is 5.17. The molecule has 1 aliphatic heterocycles. The number of nitrogens with zero attached hydrogens (tertiary/aromatic N) is 2. The molecular formula is C20H29FN2O3. The quantitative estimate of drug-likeness (QED) is 0.778. The Balaban J connectivity index is 1.40. The van der Waals surface area contributed by atoms with Crippen LogP contribution in [-0.4, -0.2) is 61.7 Å². The number of halogens is 1. The van der Waals surface area contributed by atoms with Crippen molar-refractivity contribution in [3.63, 3.8) is 0 Å². The first-order valence-electron chi connectivity index (χ1n) is 9.60. The predicted octanol–water partition coefficient (Wildman–Crippen LogP) is 2.83. The summed E-state index contributed by atoms with van der Waals surface area (Å²) in [5, 5.41) is 0. The summed E-state index contributed by atoms with van der Waals surface area (Å²) in [7, 11) is 1.46. The maximum absolute atomic E-state index is 13.8. The van der Waals surface area contributed by atoms with Crippen LogP contribution in [0.15, 0.2) is 18.2 Å². The fourth-order valence-corrected chi connectivity index (χ4v) is 3.73. The Morgan fingerprint density at radius 3 is 2.54 bits per heavy atom. The van der Waals surface area contributed by atoms with Crippen LogP contribution in [0.5, 0.6) is 5.75 Å². The molecule has 1 aromatic rings. The van der Waals surface area contributed by atoms with E-state index in [1.807, 2.05) is 11.0 Å². The Morgan fingerprint density at radius 2 is 1.88 bits per heavy atom. The van der Waals surface area contributed by atoms with Gasteiger partial charge in [-0.1, -0.05) is 25.3 Å². The van der Waals surface area contributed by atoms with Crippen LogP contribution in [0.4, 0.5) is 4.39 Å². The third-order valence-corrected chi connectivity index (χ3v) is 5.34. The van der Waals surface area contributed by atoms with Gasteiger partial charge in [0.25, 0.3) is 0 Å². The summed E-state index contributed by atoms with van der Waals surface area (Å²) in [4.78, 5) is 16.5. The average molecular weight is 364 g/mol. The van der Waals surface area contributed by atoms with Crippen LogP contribution in [0.1, 0.15) is 37.7 Å². The predicted molar refractivity (Wildman–Crippen MR) is 97.6 cm³/mol. The standard InChI is InChI=1S/C20H29FN2O3/c1-25-19-8-7-16(13-18(19)21)14-22-9-11-23(12-10-22)20(24)15-26-17-5-3-2-4-6-17/h7-8,13,17H,2-6,9-12,14-15H2,1H3. The minimum absolute atomic E-state index is 0.0886. The number of carbonyl (C=O) groups is 1. The van der Waals surface area contributed by atoms with Gasteiger partial charge in [-0.2, -0.15) is 0 Å². The highest BCUT2D eigenvalue weighted by Gasteiger charge is 2.23. The fraction of sp³-hybridized carbons (Fsp3) is 0.650. The molecular weight excluding hydrogens is 335 g/mol. The molecule has 0 spiro atoms. The van der Waals surface area contributed by atoms with Gasteiger partial charge in [0.1, 0.15) is 6.61 Å². The van der Waals surface area contributed by atoms with Crippen LogP contribution < -0.4 is 4.74 Å². The number of rotatable bonds is 6. The zero-order valence-electron chi connectivity index (χ0n) is 15.6. The molecule has 1 saturated heterocycles. The minimum Gasteiger partial charge on any atom is -0.494 e. The first-order valence-corrected chi connectivity index (χ1v) is 9.60. The zero-order valence-corrected chi connectivity index (χ0v) is 15.6. The van der Waals surface area contributed by atoms with E-state index in [0.717, 1.165) is 31.5 Å². The molecule has 1 heterocycles. The lowest BCUT2D eigenvalue weighted by Crippen LogP contribution is -2.49. The number of carbonyl (C=O) groups excluding carboxylic acids is 1. The van der Waals surface area contributed by atoms with E-state index in [-0.39, 0.29) is 30.2 Å². The molecule has 2 fully saturated rings. The number of amides is 1. The zero-order chi connectivity index (χ0) is 18.4. The summed E-state index contributed by atoms with van der Waals surface area (Å²) in [5.74, 6) is 0.0199. The van der Waals surface area contributed by atoms with E-state index in [9.17, 15) is 9.18 Å². The summed E-state index contributed by atoms with van der Waals surface area (Å²) < 4.78 is 24.6. The van der Waals surface area contributed by atoms with E-state index in [1.54, 1.807) is 6.07 Å². The highest BCUT2D eigenvalue weighted by atomic mass is 19.1. The van der Waals surface area contributed by atoms with E-state index in [2.05, 4.69) is 4.90 Å². The van der Waals surface area contributed by atoms with Gasteiger partial charge in [0, 0.05) is 32.7 Å². The molecule has 0 N–H and O–H groups in total. The van der Waals surface area contributed by atoms with Crippen LogP contribution in [0.25, 0.3) is 0 Å². The topological polar surface area (TPSA) is 42.0 Å². The summed E-state index contributed by atoms with van der Waals surface area (Å²) in [5.41, 5.74) is 0.920. The van der Waals surface area contributed by atoms with Gasteiger partial charge in [-0.25, -0.2) is 4.39 Å². The Hall–Kier alpha value is -1.66. The van der Waals surface area contributed by atoms with Crippen LogP contribution >= 0.6 is 0 Å². The maximum atomic E-state index is 13.8. The smallest absolute Gasteiger partial charge is 0.248 e. The van der Waals surface area contributed by atoms with Crippen LogP contribution in [0.3, 0.4) is 0 Å². The molecule has 0 atom stereocenters. The molecule has 6 heteroatoms. The molecule has 3 rings (SSSR count). The van der Waals surface area contributed by atoms with Gasteiger partial charge < -0.3 is 14.4 Å². The van der Waals surface area contributed by atoms with Crippen molar-refractivity contribution in [3.8, 4) is 5.75 Å². The monoisotopic (exact) mass is 364 g/mol. The largest absolute Gasteiger partial charge is 0.494 e. The second-order valence-electron chi connectivity index (χ2n) is 7.20. The molecule has 5 nitrogen and oxygen atoms in total. The SMILES string of the molecule is COc1ccc(CN2CCN(C(=O)COC3CCCCC3)CC2)cc1F. The van der Waals surface area contributed by atoms with Crippen molar-refractivity contribution in [1.29, 1.82) is 0 Å². The number of ether oxygens (including phenoxy) is 2. The fourth-order valence-electron chi connectivity index (χ4n) is 3.73. The molecule has 0 bridgehead atoms. The molecule has 1 saturated carbocycles. The lowest BCUT2D eigenvalue weighted by Gasteiger charge is -2.35. The summed E-state index contributed by atoms with van der Waals surface area (Å²) >= 11 is 0. The van der Waals surface area contributed by atoms with E-state index < -0.39 is 0 Å². The molecule has 26 heavy (non-hydrogen) atoms. The van der Waals surface area contributed by atoms with Crippen LogP contribution in [0, 0.1) is 5.82 Å². The van der Waals surface area contributed by atoms with Gasteiger partial charge in [0.05, 0.1) is 13.2 Å². The van der Waals surface area contributed by atoms with Crippen LogP contribution in [-0.2, 0) is 16.1 Å². The maximum Gasteiger partial charge on any atom is 0.248 e. The minimum atomic E-state index is -0.335. The number of benzene rings is 1.